The second-order valence-corrected chi connectivity index (χ2v) is 5.19. The van der Waals surface area contributed by atoms with Crippen LogP contribution in [0.1, 0.15) is 5.56 Å². The lowest BCUT2D eigenvalue weighted by atomic mass is 10.0. The van der Waals surface area contributed by atoms with Gasteiger partial charge < -0.3 is 0 Å². The van der Waals surface area contributed by atoms with Crippen molar-refractivity contribution in [1.29, 1.82) is 0 Å². The zero-order valence-electron chi connectivity index (χ0n) is 9.53. The maximum Gasteiger partial charge on any atom is 0.419 e. The van der Waals surface area contributed by atoms with E-state index in [0.29, 0.717) is 6.07 Å². The molecule has 0 radical (unpaired) electrons. The molecule has 0 saturated carbocycles. The molecule has 106 valence electrons. The molecule has 0 bridgehead atoms. The summed E-state index contributed by atoms with van der Waals surface area (Å²) in [6.45, 7) is 0. The van der Waals surface area contributed by atoms with Crippen molar-refractivity contribution in [3.05, 3.63) is 56.8 Å². The second-order valence-electron chi connectivity index (χ2n) is 3.94. The van der Waals surface area contributed by atoms with Crippen LogP contribution in [0.5, 0.6) is 0 Å². The van der Waals surface area contributed by atoms with Gasteiger partial charge in [-0.25, -0.2) is 4.39 Å². The number of rotatable bonds is 1. The number of halogens is 7. The van der Waals surface area contributed by atoms with Gasteiger partial charge in [0, 0.05) is 10.6 Å². The van der Waals surface area contributed by atoms with Gasteiger partial charge in [0.2, 0.25) is 0 Å². The summed E-state index contributed by atoms with van der Waals surface area (Å²) in [5.41, 5.74) is -0.977. The molecule has 0 heterocycles. The fourth-order valence-electron chi connectivity index (χ4n) is 1.72. The summed E-state index contributed by atoms with van der Waals surface area (Å²) in [4.78, 5) is 0. The molecule has 20 heavy (non-hydrogen) atoms. The first kappa shape index (κ1) is 15.4. The highest BCUT2D eigenvalue weighted by Crippen LogP contribution is 2.39. The van der Waals surface area contributed by atoms with E-state index in [1.807, 2.05) is 0 Å². The van der Waals surface area contributed by atoms with Crippen LogP contribution in [0, 0.1) is 5.82 Å². The predicted molar refractivity (Wildman–Crippen MR) is 71.9 cm³/mol. The van der Waals surface area contributed by atoms with Gasteiger partial charge in [0.05, 0.1) is 15.6 Å². The molecule has 0 spiro atoms. The minimum absolute atomic E-state index is 0.127. The fraction of sp³-hybridized carbons (Fsp3) is 0.0769. The van der Waals surface area contributed by atoms with E-state index in [1.54, 1.807) is 0 Å². The Morgan fingerprint density at radius 3 is 1.85 bits per heavy atom. The standard InChI is InChI=1S/C13H5Cl3F4/c14-7-4-9(15)12(10(16)5-7)6-1-2-8(11(17)3-6)13(18,19)20/h1-5H. The van der Waals surface area contributed by atoms with Gasteiger partial charge in [-0.15, -0.1) is 0 Å². The van der Waals surface area contributed by atoms with Gasteiger partial charge in [0.15, 0.2) is 0 Å². The summed E-state index contributed by atoms with van der Waals surface area (Å²) < 4.78 is 51.0. The van der Waals surface area contributed by atoms with Crippen molar-refractivity contribution in [2.45, 2.75) is 6.18 Å². The maximum atomic E-state index is 13.5. The van der Waals surface area contributed by atoms with Crippen LogP contribution in [-0.4, -0.2) is 0 Å². The van der Waals surface area contributed by atoms with E-state index in [4.69, 9.17) is 34.8 Å². The lowest BCUT2D eigenvalue weighted by Crippen LogP contribution is -2.07. The highest BCUT2D eigenvalue weighted by atomic mass is 35.5. The van der Waals surface area contributed by atoms with E-state index in [9.17, 15) is 17.6 Å². The highest BCUT2D eigenvalue weighted by molar-refractivity contribution is 6.41. The van der Waals surface area contributed by atoms with E-state index < -0.39 is 17.6 Å². The average Bonchev–Trinajstić information content (AvgIpc) is 2.25. The number of hydrogen-bond acceptors (Lipinski definition) is 0. The van der Waals surface area contributed by atoms with Crippen LogP contribution >= 0.6 is 34.8 Å². The molecule has 2 aromatic carbocycles. The lowest BCUT2D eigenvalue weighted by Gasteiger charge is -2.11. The van der Waals surface area contributed by atoms with Gasteiger partial charge >= 0.3 is 6.18 Å². The summed E-state index contributed by atoms with van der Waals surface area (Å²) in [6, 6.07) is 5.24. The van der Waals surface area contributed by atoms with Crippen LogP contribution in [0.4, 0.5) is 17.6 Å². The van der Waals surface area contributed by atoms with E-state index in [1.165, 1.54) is 12.1 Å². The Morgan fingerprint density at radius 2 is 1.40 bits per heavy atom. The number of benzene rings is 2. The largest absolute Gasteiger partial charge is 0.419 e. The smallest absolute Gasteiger partial charge is 0.206 e. The summed E-state index contributed by atoms with van der Waals surface area (Å²) in [7, 11) is 0. The Bertz CT molecular complexity index is 642. The first-order valence-electron chi connectivity index (χ1n) is 5.22. The molecule has 0 nitrogen and oxygen atoms in total. The van der Waals surface area contributed by atoms with Gasteiger partial charge in [-0.05, 0) is 29.8 Å². The molecule has 0 N–H and O–H groups in total. The normalized spacial score (nSPS) is 11.8. The minimum Gasteiger partial charge on any atom is -0.206 e. The van der Waals surface area contributed by atoms with Crippen molar-refractivity contribution >= 4 is 34.8 Å². The van der Waals surface area contributed by atoms with Gasteiger partial charge in [0.25, 0.3) is 0 Å². The quantitative estimate of drug-likeness (QED) is 0.520. The maximum absolute atomic E-state index is 13.5. The summed E-state index contributed by atoms with van der Waals surface area (Å²) in [6.07, 6.45) is -4.75. The molecule has 0 aliphatic rings. The molecule has 0 aliphatic heterocycles. The first-order chi connectivity index (χ1) is 9.20. The van der Waals surface area contributed by atoms with E-state index in [-0.39, 0.29) is 26.2 Å². The van der Waals surface area contributed by atoms with Crippen LogP contribution < -0.4 is 0 Å². The molecular formula is C13H5Cl3F4. The van der Waals surface area contributed by atoms with E-state index >= 15 is 0 Å². The minimum atomic E-state index is -4.75. The fourth-order valence-corrected chi connectivity index (χ4v) is 2.75. The molecular weight excluding hydrogens is 338 g/mol. The van der Waals surface area contributed by atoms with Gasteiger partial charge in [-0.3, -0.25) is 0 Å². The van der Waals surface area contributed by atoms with Crippen LogP contribution in [0.25, 0.3) is 11.1 Å². The van der Waals surface area contributed by atoms with Crippen LogP contribution in [0.2, 0.25) is 15.1 Å². The van der Waals surface area contributed by atoms with Crippen LogP contribution in [-0.2, 0) is 6.18 Å². The molecule has 0 unspecified atom stereocenters. The topological polar surface area (TPSA) is 0 Å². The zero-order chi connectivity index (χ0) is 15.1. The molecule has 0 aliphatic carbocycles. The monoisotopic (exact) mass is 342 g/mol. The first-order valence-corrected chi connectivity index (χ1v) is 6.35. The van der Waals surface area contributed by atoms with Crippen molar-refractivity contribution in [1.82, 2.24) is 0 Å². The second kappa shape index (κ2) is 5.43. The van der Waals surface area contributed by atoms with E-state index in [2.05, 4.69) is 0 Å². The van der Waals surface area contributed by atoms with Crippen LogP contribution in [0.15, 0.2) is 30.3 Å². The molecule has 0 aromatic heterocycles. The predicted octanol–water partition coefficient (Wildman–Crippen LogP) is 6.47. The summed E-state index contributed by atoms with van der Waals surface area (Å²) in [5, 5.41) is 0.527. The molecule has 2 aromatic rings. The van der Waals surface area contributed by atoms with Crippen molar-refractivity contribution < 1.29 is 17.6 Å². The molecule has 0 atom stereocenters. The Balaban J connectivity index is 2.59. The molecule has 0 saturated heterocycles. The average molecular weight is 344 g/mol. The molecule has 7 heteroatoms. The lowest BCUT2D eigenvalue weighted by molar-refractivity contribution is -0.139. The SMILES string of the molecule is Fc1cc(-c2c(Cl)cc(Cl)cc2Cl)ccc1C(F)(F)F. The number of alkyl halides is 3. The van der Waals surface area contributed by atoms with Gasteiger partial charge in [0.1, 0.15) is 5.82 Å². The summed E-state index contributed by atoms with van der Waals surface area (Å²) >= 11 is 17.6. The highest BCUT2D eigenvalue weighted by Gasteiger charge is 2.34. The Kier molecular flexibility index (Phi) is 4.19. The third kappa shape index (κ3) is 3.03. The zero-order valence-corrected chi connectivity index (χ0v) is 11.8. The van der Waals surface area contributed by atoms with Crippen molar-refractivity contribution in [3.63, 3.8) is 0 Å². The molecule has 0 amide bonds. The van der Waals surface area contributed by atoms with Gasteiger partial charge in [-0.1, -0.05) is 40.9 Å². The van der Waals surface area contributed by atoms with Crippen molar-refractivity contribution in [3.8, 4) is 11.1 Å². The summed E-state index contributed by atoms with van der Waals surface area (Å²) in [5.74, 6) is -1.39. The molecule has 0 fully saturated rings. The third-order valence-corrected chi connectivity index (χ3v) is 3.38. The van der Waals surface area contributed by atoms with Crippen LogP contribution in [0.3, 0.4) is 0 Å². The molecule has 2 rings (SSSR count). The van der Waals surface area contributed by atoms with Crippen molar-refractivity contribution in [2.24, 2.45) is 0 Å². The van der Waals surface area contributed by atoms with Gasteiger partial charge in [-0.2, -0.15) is 13.2 Å². The Labute approximate surface area is 126 Å². The van der Waals surface area contributed by atoms with Crippen molar-refractivity contribution in [2.75, 3.05) is 0 Å². The number of hydrogen-bond donors (Lipinski definition) is 0. The Hall–Kier alpha value is -0.970. The van der Waals surface area contributed by atoms with E-state index in [0.717, 1.165) is 12.1 Å². The third-order valence-electron chi connectivity index (χ3n) is 2.57. The Morgan fingerprint density at radius 1 is 0.850 bits per heavy atom.